The number of anilines is 1. The van der Waals surface area contributed by atoms with Crippen LogP contribution in [-0.2, 0) is 6.54 Å². The van der Waals surface area contributed by atoms with Crippen molar-refractivity contribution in [3.05, 3.63) is 40.9 Å². The second-order valence-corrected chi connectivity index (χ2v) is 5.43. The number of nitrogen functional groups attached to an aromatic ring is 1. The van der Waals surface area contributed by atoms with Crippen LogP contribution in [0.15, 0.2) is 29.1 Å². The molecule has 0 saturated carbocycles. The number of aromatic nitrogens is 2. The Kier molecular flexibility index (Phi) is 3.11. The summed E-state index contributed by atoms with van der Waals surface area (Å²) in [5.74, 6) is 0.194. The Balaban J connectivity index is 1.86. The van der Waals surface area contributed by atoms with Gasteiger partial charge in [-0.1, -0.05) is 16.8 Å². The first-order valence-electron chi connectivity index (χ1n) is 5.97. The van der Waals surface area contributed by atoms with Crippen LogP contribution in [-0.4, -0.2) is 16.0 Å². The molecule has 3 rings (SSSR count). The molecule has 0 fully saturated rings. The molecule has 2 heterocycles. The molecular weight excluding hydrogens is 276 g/mol. The molecule has 0 unspecified atom stereocenters. The van der Waals surface area contributed by atoms with E-state index in [4.69, 9.17) is 5.73 Å². The van der Waals surface area contributed by atoms with Crippen molar-refractivity contribution in [2.45, 2.75) is 13.5 Å². The van der Waals surface area contributed by atoms with Gasteiger partial charge in [0.15, 0.2) is 5.82 Å². The SMILES string of the molecule is Cc1ccc2sc(C(=O)NCc3ncon3)c(N)c2c1. The first kappa shape index (κ1) is 12.6. The standard InChI is InChI=1S/C13H12N4O2S/c1-7-2-3-9-8(4-7)11(14)12(20-9)13(18)15-5-10-16-6-19-17-10/h2-4,6H,5,14H2,1H3,(H,15,18). The van der Waals surface area contributed by atoms with Gasteiger partial charge in [0.25, 0.3) is 5.91 Å². The highest BCUT2D eigenvalue weighted by atomic mass is 32.1. The fourth-order valence-electron chi connectivity index (χ4n) is 1.91. The number of hydrogen-bond donors (Lipinski definition) is 2. The largest absolute Gasteiger partial charge is 0.397 e. The van der Waals surface area contributed by atoms with E-state index < -0.39 is 0 Å². The van der Waals surface area contributed by atoms with Crippen LogP contribution < -0.4 is 11.1 Å². The fourth-order valence-corrected chi connectivity index (χ4v) is 2.93. The summed E-state index contributed by atoms with van der Waals surface area (Å²) in [6.45, 7) is 2.20. The van der Waals surface area contributed by atoms with Crippen molar-refractivity contribution in [2.24, 2.45) is 0 Å². The molecule has 0 aliphatic carbocycles. The van der Waals surface area contributed by atoms with Crippen LogP contribution in [0.3, 0.4) is 0 Å². The predicted molar refractivity (Wildman–Crippen MR) is 76.4 cm³/mol. The Hall–Kier alpha value is -2.41. The summed E-state index contributed by atoms with van der Waals surface area (Å²) in [6, 6.07) is 5.96. The number of rotatable bonds is 3. The van der Waals surface area contributed by atoms with Crippen LogP contribution in [0.2, 0.25) is 0 Å². The van der Waals surface area contributed by atoms with Gasteiger partial charge in [-0.2, -0.15) is 4.98 Å². The molecule has 7 heteroatoms. The lowest BCUT2D eigenvalue weighted by Crippen LogP contribution is -2.23. The van der Waals surface area contributed by atoms with E-state index >= 15 is 0 Å². The molecule has 0 aliphatic rings. The number of hydrogen-bond acceptors (Lipinski definition) is 6. The Morgan fingerprint density at radius 1 is 1.50 bits per heavy atom. The third kappa shape index (κ3) is 2.23. The van der Waals surface area contributed by atoms with Crippen molar-refractivity contribution in [3.8, 4) is 0 Å². The minimum atomic E-state index is -0.230. The smallest absolute Gasteiger partial charge is 0.263 e. The zero-order valence-corrected chi connectivity index (χ0v) is 11.5. The quantitative estimate of drug-likeness (QED) is 0.769. The molecule has 102 valence electrons. The normalized spacial score (nSPS) is 10.8. The van der Waals surface area contributed by atoms with E-state index in [0.29, 0.717) is 16.4 Å². The van der Waals surface area contributed by atoms with Crippen molar-refractivity contribution in [1.82, 2.24) is 15.5 Å². The second-order valence-electron chi connectivity index (χ2n) is 4.37. The van der Waals surface area contributed by atoms with Crippen LogP contribution >= 0.6 is 11.3 Å². The number of thiophene rings is 1. The van der Waals surface area contributed by atoms with Crippen molar-refractivity contribution in [3.63, 3.8) is 0 Å². The Labute approximate surface area is 118 Å². The summed E-state index contributed by atoms with van der Waals surface area (Å²) >= 11 is 1.38. The van der Waals surface area contributed by atoms with Gasteiger partial charge in [0, 0.05) is 10.1 Å². The molecule has 0 aliphatic heterocycles. The molecule has 1 amide bonds. The van der Waals surface area contributed by atoms with Crippen LogP contribution in [0, 0.1) is 6.92 Å². The van der Waals surface area contributed by atoms with Gasteiger partial charge in [0.05, 0.1) is 12.2 Å². The maximum atomic E-state index is 12.1. The lowest BCUT2D eigenvalue weighted by atomic mass is 10.1. The molecule has 2 aromatic heterocycles. The average molecular weight is 288 g/mol. The molecule has 20 heavy (non-hydrogen) atoms. The highest BCUT2D eigenvalue weighted by Gasteiger charge is 2.16. The molecule has 6 nitrogen and oxygen atoms in total. The Bertz CT molecular complexity index is 764. The molecule has 3 N–H and O–H groups in total. The zero-order valence-electron chi connectivity index (χ0n) is 10.7. The van der Waals surface area contributed by atoms with Gasteiger partial charge in [-0.3, -0.25) is 4.79 Å². The topological polar surface area (TPSA) is 94.0 Å². The molecule has 0 bridgehead atoms. The van der Waals surface area contributed by atoms with E-state index in [-0.39, 0.29) is 12.5 Å². The number of nitrogens with two attached hydrogens (primary N) is 1. The number of nitrogens with zero attached hydrogens (tertiary/aromatic N) is 2. The van der Waals surface area contributed by atoms with Crippen LogP contribution in [0.5, 0.6) is 0 Å². The van der Waals surface area contributed by atoms with Gasteiger partial charge in [-0.25, -0.2) is 0 Å². The summed E-state index contributed by atoms with van der Waals surface area (Å²) in [7, 11) is 0. The molecule has 0 spiro atoms. The summed E-state index contributed by atoms with van der Waals surface area (Å²) in [5.41, 5.74) is 7.68. The van der Waals surface area contributed by atoms with Gasteiger partial charge in [0.1, 0.15) is 4.88 Å². The lowest BCUT2D eigenvalue weighted by molar-refractivity contribution is 0.0954. The number of aryl methyl sites for hydroxylation is 1. The number of fused-ring (bicyclic) bond motifs is 1. The summed E-state index contributed by atoms with van der Waals surface area (Å²) in [5, 5.41) is 7.27. The van der Waals surface area contributed by atoms with Crippen LogP contribution in [0.1, 0.15) is 21.1 Å². The molecule has 0 radical (unpaired) electrons. The van der Waals surface area contributed by atoms with Crippen LogP contribution in [0.25, 0.3) is 10.1 Å². The van der Waals surface area contributed by atoms with Gasteiger partial charge < -0.3 is 15.6 Å². The molecule has 3 aromatic rings. The third-order valence-electron chi connectivity index (χ3n) is 2.90. The minimum Gasteiger partial charge on any atom is -0.397 e. The van der Waals surface area contributed by atoms with E-state index in [1.165, 1.54) is 17.7 Å². The highest BCUT2D eigenvalue weighted by Crippen LogP contribution is 2.34. The first-order valence-corrected chi connectivity index (χ1v) is 6.79. The zero-order chi connectivity index (χ0) is 14.1. The third-order valence-corrected chi connectivity index (χ3v) is 4.09. The van der Waals surface area contributed by atoms with Crippen molar-refractivity contribution < 1.29 is 9.32 Å². The molecule has 0 saturated heterocycles. The van der Waals surface area contributed by atoms with Gasteiger partial charge in [-0.05, 0) is 19.1 Å². The number of carbonyl (C=O) groups is 1. The second kappa shape index (κ2) is 4.93. The van der Waals surface area contributed by atoms with Crippen molar-refractivity contribution in [1.29, 1.82) is 0 Å². The monoisotopic (exact) mass is 288 g/mol. The van der Waals surface area contributed by atoms with Crippen LogP contribution in [0.4, 0.5) is 5.69 Å². The van der Waals surface area contributed by atoms with Gasteiger partial charge in [0.2, 0.25) is 6.39 Å². The van der Waals surface area contributed by atoms with Gasteiger partial charge in [-0.15, -0.1) is 11.3 Å². The average Bonchev–Trinajstić information content (AvgIpc) is 3.05. The Morgan fingerprint density at radius 2 is 2.35 bits per heavy atom. The number of carbonyl (C=O) groups excluding carboxylic acids is 1. The molecular formula is C13H12N4O2S. The summed E-state index contributed by atoms with van der Waals surface area (Å²) < 4.78 is 5.60. The highest BCUT2D eigenvalue weighted by molar-refractivity contribution is 7.21. The maximum Gasteiger partial charge on any atom is 0.263 e. The molecule has 0 atom stereocenters. The summed E-state index contributed by atoms with van der Waals surface area (Å²) in [4.78, 5) is 16.5. The van der Waals surface area contributed by atoms with E-state index in [1.54, 1.807) is 0 Å². The lowest BCUT2D eigenvalue weighted by Gasteiger charge is -2.01. The van der Waals surface area contributed by atoms with Crippen molar-refractivity contribution >= 4 is 33.0 Å². The Morgan fingerprint density at radius 3 is 3.10 bits per heavy atom. The van der Waals surface area contributed by atoms with E-state index in [0.717, 1.165) is 15.6 Å². The fraction of sp³-hybridized carbons (Fsp3) is 0.154. The van der Waals surface area contributed by atoms with Crippen molar-refractivity contribution in [2.75, 3.05) is 5.73 Å². The summed E-state index contributed by atoms with van der Waals surface area (Å²) in [6.07, 6.45) is 1.22. The number of amides is 1. The molecule has 1 aromatic carbocycles. The first-order chi connectivity index (χ1) is 9.65. The van der Waals surface area contributed by atoms with E-state index in [1.807, 2.05) is 25.1 Å². The van der Waals surface area contributed by atoms with Gasteiger partial charge >= 0.3 is 0 Å². The minimum absolute atomic E-state index is 0.210. The van der Waals surface area contributed by atoms with E-state index in [2.05, 4.69) is 20.0 Å². The number of benzene rings is 1. The predicted octanol–water partition coefficient (Wildman–Crippen LogP) is 2.10. The number of nitrogens with one attached hydrogen (secondary N) is 1. The van der Waals surface area contributed by atoms with E-state index in [9.17, 15) is 4.79 Å². The maximum absolute atomic E-state index is 12.1.